The number of hydrogen-bond acceptors (Lipinski definition) is 5. The van der Waals surface area contributed by atoms with Crippen LogP contribution in [0.4, 0.5) is 13.2 Å². The molecule has 5 nitrogen and oxygen atoms in total. The highest BCUT2D eigenvalue weighted by atomic mass is 19.4. The molecule has 1 aliphatic rings. The van der Waals surface area contributed by atoms with Crippen molar-refractivity contribution in [3.05, 3.63) is 77.5 Å². The van der Waals surface area contributed by atoms with Crippen LogP contribution in [0.5, 0.6) is 11.5 Å². The van der Waals surface area contributed by atoms with Crippen molar-refractivity contribution < 1.29 is 32.2 Å². The Kier molecular flexibility index (Phi) is 8.13. The second-order valence-electron chi connectivity index (χ2n) is 8.61. The molecule has 0 radical (unpaired) electrons. The van der Waals surface area contributed by atoms with Gasteiger partial charge in [-0.15, -0.1) is 0 Å². The van der Waals surface area contributed by atoms with Crippen molar-refractivity contribution >= 4 is 5.97 Å². The van der Waals surface area contributed by atoms with Gasteiger partial charge in [0.1, 0.15) is 11.5 Å². The number of esters is 1. The van der Waals surface area contributed by atoms with E-state index in [-0.39, 0.29) is 11.9 Å². The Hall–Kier alpha value is -3.55. The molecule has 0 spiro atoms. The minimum absolute atomic E-state index is 0.151. The van der Waals surface area contributed by atoms with Gasteiger partial charge in [0.2, 0.25) is 0 Å². The van der Waals surface area contributed by atoms with Crippen LogP contribution in [0.2, 0.25) is 0 Å². The zero-order chi connectivity index (χ0) is 25.5. The maximum atomic E-state index is 12.7. The Morgan fingerprint density at radius 2 is 1.72 bits per heavy atom. The monoisotopic (exact) mass is 499 g/mol. The van der Waals surface area contributed by atoms with E-state index >= 15 is 0 Å². The first-order valence-electron chi connectivity index (χ1n) is 12.0. The number of alkyl halides is 3. The molecule has 0 aliphatic heterocycles. The fourth-order valence-corrected chi connectivity index (χ4v) is 4.30. The molecular weight excluding hydrogens is 471 g/mol. The quantitative estimate of drug-likeness (QED) is 0.232. The van der Waals surface area contributed by atoms with Crippen LogP contribution in [0, 0.1) is 0 Å². The summed E-state index contributed by atoms with van der Waals surface area (Å²) < 4.78 is 54.8. The van der Waals surface area contributed by atoms with Crippen molar-refractivity contribution in [3.63, 3.8) is 0 Å². The number of aromatic nitrogens is 1. The third kappa shape index (κ3) is 6.56. The molecule has 0 saturated carbocycles. The zero-order valence-corrected chi connectivity index (χ0v) is 20.0. The van der Waals surface area contributed by atoms with Crippen LogP contribution in [-0.4, -0.2) is 30.8 Å². The lowest BCUT2D eigenvalue weighted by Gasteiger charge is -2.12. The van der Waals surface area contributed by atoms with Crippen molar-refractivity contribution in [2.75, 3.05) is 19.8 Å². The van der Waals surface area contributed by atoms with E-state index in [0.717, 1.165) is 30.9 Å². The topological polar surface area (TPSA) is 57.7 Å². The molecule has 1 aromatic heterocycles. The van der Waals surface area contributed by atoms with Gasteiger partial charge in [-0.25, -0.2) is 0 Å². The maximum absolute atomic E-state index is 12.7. The molecule has 190 valence electrons. The standard InChI is InChI=1S/C28H28F3NO4/c1-2-34-27(33)17-21-5-4-20-16-24(11-12-25(20)21)36-15-3-14-35-23-9-6-19(7-10-23)26-13-8-22(18-32-26)28(29,30)31/h6-13,16,18,21H,2-5,14-15,17H2,1H3/t21-/m0/s1. The third-order valence-electron chi connectivity index (χ3n) is 6.10. The smallest absolute Gasteiger partial charge is 0.417 e. The Morgan fingerprint density at radius 1 is 1.00 bits per heavy atom. The molecule has 0 bridgehead atoms. The van der Waals surface area contributed by atoms with Crippen molar-refractivity contribution in [2.24, 2.45) is 0 Å². The summed E-state index contributed by atoms with van der Waals surface area (Å²) in [5.74, 6) is 1.53. The number of ether oxygens (including phenoxy) is 3. The number of carbonyl (C=O) groups is 1. The van der Waals surface area contributed by atoms with Crippen LogP contribution >= 0.6 is 0 Å². The van der Waals surface area contributed by atoms with Crippen molar-refractivity contribution in [1.82, 2.24) is 4.98 Å². The normalized spacial score (nSPS) is 14.8. The predicted octanol–water partition coefficient (Wildman–Crippen LogP) is 6.60. The van der Waals surface area contributed by atoms with Gasteiger partial charge in [0, 0.05) is 18.2 Å². The van der Waals surface area contributed by atoms with Crippen LogP contribution in [0.15, 0.2) is 60.8 Å². The second-order valence-corrected chi connectivity index (χ2v) is 8.61. The number of halogens is 3. The molecule has 1 atom stereocenters. The summed E-state index contributed by atoms with van der Waals surface area (Å²) >= 11 is 0. The minimum Gasteiger partial charge on any atom is -0.493 e. The highest BCUT2D eigenvalue weighted by molar-refractivity contribution is 5.71. The molecule has 0 saturated heterocycles. The molecule has 2 aromatic carbocycles. The third-order valence-corrected chi connectivity index (χ3v) is 6.10. The average molecular weight is 500 g/mol. The van der Waals surface area contributed by atoms with E-state index in [1.165, 1.54) is 17.2 Å². The van der Waals surface area contributed by atoms with Gasteiger partial charge in [-0.2, -0.15) is 13.2 Å². The summed E-state index contributed by atoms with van der Waals surface area (Å²) in [6.07, 6.45) is -0.591. The van der Waals surface area contributed by atoms with Gasteiger partial charge in [0.15, 0.2) is 0 Å². The van der Waals surface area contributed by atoms with Gasteiger partial charge in [-0.1, -0.05) is 6.07 Å². The molecule has 0 unspecified atom stereocenters. The Balaban J connectivity index is 1.20. The fraction of sp³-hybridized carbons (Fsp3) is 0.357. The number of benzene rings is 2. The number of rotatable bonds is 10. The number of carbonyl (C=O) groups excluding carboxylic acids is 1. The molecule has 4 rings (SSSR count). The van der Waals surface area contributed by atoms with E-state index in [4.69, 9.17) is 14.2 Å². The molecule has 1 aliphatic carbocycles. The van der Waals surface area contributed by atoms with Gasteiger partial charge in [-0.05, 0) is 85.3 Å². The number of pyridine rings is 1. The van der Waals surface area contributed by atoms with E-state index in [2.05, 4.69) is 11.1 Å². The first kappa shape index (κ1) is 25.5. The van der Waals surface area contributed by atoms with E-state index in [9.17, 15) is 18.0 Å². The largest absolute Gasteiger partial charge is 0.493 e. The van der Waals surface area contributed by atoms with Crippen LogP contribution in [-0.2, 0) is 22.1 Å². The lowest BCUT2D eigenvalue weighted by molar-refractivity contribution is -0.143. The lowest BCUT2D eigenvalue weighted by Crippen LogP contribution is -2.08. The summed E-state index contributed by atoms with van der Waals surface area (Å²) in [6.45, 7) is 3.18. The van der Waals surface area contributed by atoms with Crippen molar-refractivity contribution in [1.29, 1.82) is 0 Å². The van der Waals surface area contributed by atoms with Crippen molar-refractivity contribution in [2.45, 2.75) is 44.7 Å². The fourth-order valence-electron chi connectivity index (χ4n) is 4.30. The van der Waals surface area contributed by atoms with Gasteiger partial charge in [0.05, 0.1) is 37.5 Å². The Bertz CT molecular complexity index is 1160. The van der Waals surface area contributed by atoms with Gasteiger partial charge in [0.25, 0.3) is 0 Å². The molecular formula is C28H28F3NO4. The molecule has 0 amide bonds. The highest BCUT2D eigenvalue weighted by Gasteiger charge is 2.30. The minimum atomic E-state index is -4.40. The van der Waals surface area contributed by atoms with E-state index in [1.54, 1.807) is 24.3 Å². The molecule has 3 aromatic rings. The molecule has 0 fully saturated rings. The molecule has 8 heteroatoms. The first-order valence-corrected chi connectivity index (χ1v) is 12.0. The summed E-state index contributed by atoms with van der Waals surface area (Å²) in [5, 5.41) is 0. The Morgan fingerprint density at radius 3 is 2.39 bits per heavy atom. The van der Waals surface area contributed by atoms with Crippen LogP contribution < -0.4 is 9.47 Å². The first-order chi connectivity index (χ1) is 17.3. The molecule has 1 heterocycles. The predicted molar refractivity (Wildman–Crippen MR) is 129 cm³/mol. The van der Waals surface area contributed by atoms with E-state index < -0.39 is 11.7 Å². The molecule has 36 heavy (non-hydrogen) atoms. The average Bonchev–Trinajstić information content (AvgIpc) is 3.25. The van der Waals surface area contributed by atoms with Gasteiger partial charge >= 0.3 is 12.1 Å². The van der Waals surface area contributed by atoms with Gasteiger partial charge in [-0.3, -0.25) is 9.78 Å². The van der Waals surface area contributed by atoms with Crippen LogP contribution in [0.3, 0.4) is 0 Å². The van der Waals surface area contributed by atoms with Gasteiger partial charge < -0.3 is 14.2 Å². The second kappa shape index (κ2) is 11.5. The number of aryl methyl sites for hydroxylation is 1. The summed E-state index contributed by atoms with van der Waals surface area (Å²) in [4.78, 5) is 15.7. The van der Waals surface area contributed by atoms with Crippen LogP contribution in [0.1, 0.15) is 48.8 Å². The summed E-state index contributed by atoms with van der Waals surface area (Å²) in [5.41, 5.74) is 2.82. The highest BCUT2D eigenvalue weighted by Crippen LogP contribution is 2.37. The van der Waals surface area contributed by atoms with Crippen molar-refractivity contribution in [3.8, 4) is 22.8 Å². The number of hydrogen-bond donors (Lipinski definition) is 0. The lowest BCUT2D eigenvalue weighted by atomic mass is 9.98. The zero-order valence-electron chi connectivity index (χ0n) is 20.0. The summed E-state index contributed by atoms with van der Waals surface area (Å²) in [7, 11) is 0. The SMILES string of the molecule is CCOC(=O)C[C@@H]1CCc2cc(OCCCOc3ccc(-c4ccc(C(F)(F)F)cn4)cc3)ccc21. The Labute approximate surface area is 208 Å². The van der Waals surface area contributed by atoms with E-state index in [0.29, 0.717) is 49.7 Å². The number of nitrogens with zero attached hydrogens (tertiary/aromatic N) is 1. The maximum Gasteiger partial charge on any atom is 0.417 e. The summed E-state index contributed by atoms with van der Waals surface area (Å²) in [6, 6.07) is 15.5. The van der Waals surface area contributed by atoms with Crippen LogP contribution in [0.25, 0.3) is 11.3 Å². The molecule has 0 N–H and O–H groups in total. The van der Waals surface area contributed by atoms with E-state index in [1.807, 2.05) is 19.1 Å². The number of fused-ring (bicyclic) bond motifs is 1.